The lowest BCUT2D eigenvalue weighted by Crippen LogP contribution is -2.13. The van der Waals surface area contributed by atoms with E-state index in [1.807, 2.05) is 26.0 Å². The van der Waals surface area contributed by atoms with E-state index >= 15 is 0 Å². The van der Waals surface area contributed by atoms with E-state index < -0.39 is 47.8 Å². The van der Waals surface area contributed by atoms with Crippen molar-refractivity contribution in [1.29, 1.82) is 0 Å². The molecule has 8 aromatic carbocycles. The minimum absolute atomic E-state index is 0.106. The Morgan fingerprint density at radius 3 is 0.767 bits per heavy atom. The number of carbonyl (C=O) groups excluding carboxylic acids is 8. The minimum atomic E-state index is -0.699. The van der Waals surface area contributed by atoms with Gasteiger partial charge >= 0.3 is 47.8 Å². The van der Waals surface area contributed by atoms with E-state index in [1.54, 1.807) is 60.7 Å². The second-order valence-corrected chi connectivity index (χ2v) is 18.7. The summed E-state index contributed by atoms with van der Waals surface area (Å²) in [5.41, 5.74) is 5.77. The van der Waals surface area contributed by atoms with Gasteiger partial charge in [0.1, 0.15) is 11.5 Å². The number of hydrogen-bond acceptors (Lipinski definition) is 18. The Hall–Kier alpha value is -10.9. The van der Waals surface area contributed by atoms with E-state index in [-0.39, 0.29) is 56.4 Å². The van der Waals surface area contributed by atoms with E-state index in [9.17, 15) is 38.4 Å². The summed E-state index contributed by atoms with van der Waals surface area (Å²) in [7, 11) is 8.05. The monoisotopic (exact) mass is 1160 g/mol. The third-order valence-corrected chi connectivity index (χ3v) is 13.1. The molecule has 0 N–H and O–H groups in total. The van der Waals surface area contributed by atoms with Crippen molar-refractivity contribution in [2.24, 2.45) is 0 Å². The van der Waals surface area contributed by atoms with Gasteiger partial charge in [-0.1, -0.05) is 63.1 Å². The first-order valence-electron chi connectivity index (χ1n) is 26.8. The number of aryl methyl sites for hydroxylation is 2. The van der Waals surface area contributed by atoms with Crippen LogP contribution in [0.15, 0.2) is 170 Å². The molecule has 0 saturated heterocycles. The van der Waals surface area contributed by atoms with Crippen LogP contribution in [0.5, 0.6) is 34.5 Å². The highest BCUT2D eigenvalue weighted by Gasteiger charge is 2.27. The fourth-order valence-corrected chi connectivity index (χ4v) is 8.72. The number of esters is 8. The van der Waals surface area contributed by atoms with E-state index in [4.69, 9.17) is 37.9 Å². The molecule has 0 radical (unpaired) electrons. The molecule has 0 aliphatic carbocycles. The maximum absolute atomic E-state index is 13.5. The predicted molar refractivity (Wildman–Crippen MR) is 316 cm³/mol. The van der Waals surface area contributed by atoms with Crippen molar-refractivity contribution in [3.8, 4) is 56.8 Å². The summed E-state index contributed by atoms with van der Waals surface area (Å²) >= 11 is 0. The average molecular weight is 1170 g/mol. The molecule has 8 rings (SSSR count). The number of hydrogen-bond donors (Lipinski definition) is 0. The molecule has 0 bridgehead atoms. The molecular formula is C68H60O18. The smallest absolute Gasteiger partial charge is 0.343 e. The molecule has 0 heterocycles. The number of ether oxygens (including phenoxy) is 10. The van der Waals surface area contributed by atoms with Crippen molar-refractivity contribution in [2.75, 3.05) is 42.7 Å². The summed E-state index contributed by atoms with van der Waals surface area (Å²) in [6.07, 6.45) is 3.05. The molecule has 0 aromatic heterocycles. The predicted octanol–water partition coefficient (Wildman–Crippen LogP) is 12.7. The Balaban J connectivity index is 0.000000253. The lowest BCUT2D eigenvalue weighted by molar-refractivity contribution is 0.0591. The summed E-state index contributed by atoms with van der Waals surface area (Å²) < 4.78 is 53.7. The molecule has 0 saturated carbocycles. The molecule has 18 heteroatoms. The van der Waals surface area contributed by atoms with Crippen molar-refractivity contribution in [3.05, 3.63) is 225 Å². The molecule has 0 unspecified atom stereocenters. The van der Waals surface area contributed by atoms with E-state index in [1.165, 1.54) is 140 Å². The normalized spacial score (nSPS) is 10.4. The lowest BCUT2D eigenvalue weighted by Gasteiger charge is -2.20. The van der Waals surface area contributed by atoms with E-state index in [0.29, 0.717) is 57.7 Å². The van der Waals surface area contributed by atoms with Gasteiger partial charge in [-0.3, -0.25) is 0 Å². The van der Waals surface area contributed by atoms with Crippen molar-refractivity contribution in [2.45, 2.75) is 39.5 Å². The molecule has 440 valence electrons. The quantitative estimate of drug-likeness (QED) is 0.0392. The summed E-state index contributed by atoms with van der Waals surface area (Å²) in [5.74, 6) is -3.45. The Kier molecular flexibility index (Phi) is 21.8. The van der Waals surface area contributed by atoms with Gasteiger partial charge in [-0.15, -0.1) is 0 Å². The number of para-hydroxylation sites is 2. The molecule has 86 heavy (non-hydrogen) atoms. The largest absolute Gasteiger partial charge is 0.493 e. The molecule has 0 atom stereocenters. The van der Waals surface area contributed by atoms with Gasteiger partial charge in [0.15, 0.2) is 23.0 Å². The van der Waals surface area contributed by atoms with Gasteiger partial charge in [-0.05, 0) is 157 Å². The Labute approximate surface area is 496 Å². The molecule has 0 amide bonds. The topological polar surface area (TPSA) is 229 Å². The fraction of sp³-hybridized carbons (Fsp3) is 0.176. The van der Waals surface area contributed by atoms with Gasteiger partial charge in [0.05, 0.1) is 87.2 Å². The zero-order valence-corrected chi connectivity index (χ0v) is 48.3. The summed E-state index contributed by atoms with van der Waals surface area (Å²) in [6.45, 7) is 4.09. The first kappa shape index (κ1) is 62.7. The second-order valence-electron chi connectivity index (χ2n) is 18.7. The molecule has 0 fully saturated rings. The van der Waals surface area contributed by atoms with Gasteiger partial charge in [-0.25, -0.2) is 38.4 Å². The zero-order chi connectivity index (χ0) is 61.9. The summed E-state index contributed by atoms with van der Waals surface area (Å²) in [6, 6.07) is 44.6. The van der Waals surface area contributed by atoms with Crippen LogP contribution in [0.3, 0.4) is 0 Å². The lowest BCUT2D eigenvalue weighted by atomic mass is 9.95. The van der Waals surface area contributed by atoms with Gasteiger partial charge in [0.2, 0.25) is 0 Å². The Morgan fingerprint density at radius 1 is 0.279 bits per heavy atom. The van der Waals surface area contributed by atoms with Crippen LogP contribution in [0.1, 0.15) is 121 Å². The van der Waals surface area contributed by atoms with Crippen LogP contribution in [0.4, 0.5) is 0 Å². The van der Waals surface area contributed by atoms with Gasteiger partial charge in [-0.2, -0.15) is 0 Å². The Bertz CT molecular complexity index is 3520. The van der Waals surface area contributed by atoms with Crippen LogP contribution in [0.25, 0.3) is 22.3 Å². The molecule has 8 aromatic rings. The maximum atomic E-state index is 13.5. The number of methoxy groups -OCH3 is 6. The summed E-state index contributed by atoms with van der Waals surface area (Å²) in [4.78, 5) is 99.9. The first-order valence-corrected chi connectivity index (χ1v) is 26.8. The fourth-order valence-electron chi connectivity index (χ4n) is 8.72. The molecule has 0 aliphatic rings. The highest BCUT2D eigenvalue weighted by molar-refractivity contribution is 5.99. The number of rotatable bonds is 20. The zero-order valence-electron chi connectivity index (χ0n) is 48.3. The highest BCUT2D eigenvalue weighted by atomic mass is 16.6. The third-order valence-electron chi connectivity index (χ3n) is 13.1. The molecule has 18 nitrogen and oxygen atoms in total. The van der Waals surface area contributed by atoms with Crippen LogP contribution < -0.4 is 28.4 Å². The van der Waals surface area contributed by atoms with E-state index in [0.717, 1.165) is 24.0 Å². The minimum Gasteiger partial charge on any atom is -0.493 e. The first-order chi connectivity index (χ1) is 41.6. The Morgan fingerprint density at radius 2 is 0.523 bits per heavy atom. The van der Waals surface area contributed by atoms with Crippen LogP contribution in [-0.2, 0) is 31.8 Å². The maximum Gasteiger partial charge on any atom is 0.343 e. The third kappa shape index (κ3) is 15.4. The number of benzene rings is 8. The SMILES string of the molecule is CCCc1cc(OC)c(OC(=O)c2ccc(C(=O)OC)cc2)c(-c2cc(CCC)cc(OC)c2OC(=O)c2ccc(C(=O)OC)cc2)c1.COC(=O)c1ccc(C(=O)Oc2ccccc2-c2ccccc2OC(=O)c2ccc(C(=O)OC)cc2)cc1. The average Bonchev–Trinajstić information content (AvgIpc) is 3.74. The van der Waals surface area contributed by atoms with Crippen LogP contribution >= 0.6 is 0 Å². The molecule has 0 aliphatic heterocycles. The molecule has 0 spiro atoms. The van der Waals surface area contributed by atoms with Gasteiger partial charge in [0, 0.05) is 22.3 Å². The van der Waals surface area contributed by atoms with Crippen molar-refractivity contribution < 1.29 is 85.7 Å². The van der Waals surface area contributed by atoms with Crippen molar-refractivity contribution in [3.63, 3.8) is 0 Å². The van der Waals surface area contributed by atoms with Crippen LogP contribution in [0.2, 0.25) is 0 Å². The van der Waals surface area contributed by atoms with Crippen molar-refractivity contribution in [1.82, 2.24) is 0 Å². The van der Waals surface area contributed by atoms with E-state index in [2.05, 4.69) is 9.47 Å². The second kappa shape index (κ2) is 29.9. The van der Waals surface area contributed by atoms with Gasteiger partial charge in [0.25, 0.3) is 0 Å². The summed E-state index contributed by atoms with van der Waals surface area (Å²) in [5, 5.41) is 0. The van der Waals surface area contributed by atoms with Crippen molar-refractivity contribution >= 4 is 47.8 Å². The molecular weight excluding hydrogens is 1100 g/mol. The van der Waals surface area contributed by atoms with Gasteiger partial charge < -0.3 is 47.4 Å². The standard InChI is InChI=1S/C38H38O10.C30H22O8/c1-7-9-23-19-29(33(31(21-23)43-3)47-37(41)27-15-11-25(12-16-27)35(39)45-5)30-20-24(10-8-2)22-32(44-4)34(30)48-38(42)28-17-13-26(14-18-28)36(40)46-6;1-35-27(31)19-11-15-21(16-12-19)29(33)37-25-9-5-3-7-23(25)24-8-4-6-10-26(24)38-30(34)22-17-13-20(14-18-22)28(32)36-2/h11-22H,7-10H2,1-6H3;3-18H,1-2H3. The number of carbonyl (C=O) groups is 8. The van der Waals surface area contributed by atoms with Crippen LogP contribution in [0, 0.1) is 0 Å². The highest BCUT2D eigenvalue weighted by Crippen LogP contribution is 2.48. The van der Waals surface area contributed by atoms with Crippen LogP contribution in [-0.4, -0.2) is 90.4 Å².